The summed E-state index contributed by atoms with van der Waals surface area (Å²) in [5, 5.41) is 10.6. The summed E-state index contributed by atoms with van der Waals surface area (Å²) in [6.07, 6.45) is 1.03. The van der Waals surface area contributed by atoms with Crippen LogP contribution in [-0.4, -0.2) is 22.9 Å². The Kier molecular flexibility index (Phi) is 3.28. The van der Waals surface area contributed by atoms with Crippen LogP contribution in [0.15, 0.2) is 23.7 Å². The van der Waals surface area contributed by atoms with Crippen LogP contribution in [-0.2, 0) is 11.2 Å². The molecule has 1 N–H and O–H groups in total. The zero-order valence-corrected chi connectivity index (χ0v) is 10.8. The molecule has 1 aliphatic heterocycles. The molecule has 0 atom stereocenters. The number of hydrogen-bond donors (Lipinski definition) is 1. The minimum atomic E-state index is -0.0746. The molecule has 1 aromatic heterocycles. The Bertz CT molecular complexity index is 586. The molecule has 7 heteroatoms. The first-order chi connectivity index (χ1) is 9.31. The highest BCUT2D eigenvalue weighted by Crippen LogP contribution is 2.32. The third-order valence-electron chi connectivity index (χ3n) is 2.68. The number of amides is 1. The highest BCUT2D eigenvalue weighted by Gasteiger charge is 2.13. The van der Waals surface area contributed by atoms with Crippen LogP contribution in [0.25, 0.3) is 0 Å². The molecule has 19 heavy (non-hydrogen) atoms. The van der Waals surface area contributed by atoms with Crippen molar-refractivity contribution in [2.75, 3.05) is 12.1 Å². The van der Waals surface area contributed by atoms with Crippen molar-refractivity contribution in [1.29, 1.82) is 0 Å². The van der Waals surface area contributed by atoms with Crippen LogP contribution in [0.5, 0.6) is 11.5 Å². The molecule has 0 aliphatic carbocycles. The van der Waals surface area contributed by atoms with Gasteiger partial charge in [-0.15, -0.1) is 10.2 Å². The second kappa shape index (κ2) is 5.23. The molecule has 2 aromatic rings. The molecule has 2 heterocycles. The Morgan fingerprint density at radius 1 is 1.37 bits per heavy atom. The van der Waals surface area contributed by atoms with Crippen LogP contribution < -0.4 is 14.8 Å². The topological polar surface area (TPSA) is 73.3 Å². The standard InChI is InChI=1S/C12H11N3O3S/c16-11(14-12-15-13-6-19-12)4-2-8-1-3-9-10(5-8)18-7-17-9/h1,3,5-6H,2,4,7H2,(H,14,15,16). The Hall–Kier alpha value is -2.15. The van der Waals surface area contributed by atoms with E-state index in [1.807, 2.05) is 18.2 Å². The van der Waals surface area contributed by atoms with E-state index in [0.717, 1.165) is 17.1 Å². The van der Waals surface area contributed by atoms with Crippen molar-refractivity contribution in [3.05, 3.63) is 29.3 Å². The van der Waals surface area contributed by atoms with Gasteiger partial charge in [0.1, 0.15) is 5.51 Å². The fourth-order valence-electron chi connectivity index (χ4n) is 1.76. The molecule has 3 rings (SSSR count). The maximum atomic E-state index is 11.7. The van der Waals surface area contributed by atoms with Gasteiger partial charge in [-0.25, -0.2) is 0 Å². The van der Waals surface area contributed by atoms with E-state index in [1.165, 1.54) is 11.3 Å². The maximum Gasteiger partial charge on any atom is 0.231 e. The number of aryl methyl sites for hydroxylation is 1. The summed E-state index contributed by atoms with van der Waals surface area (Å²) >= 11 is 1.30. The summed E-state index contributed by atoms with van der Waals surface area (Å²) in [4.78, 5) is 11.7. The van der Waals surface area contributed by atoms with E-state index in [2.05, 4.69) is 15.5 Å². The first-order valence-corrected chi connectivity index (χ1v) is 6.64. The van der Waals surface area contributed by atoms with Gasteiger partial charge in [0.25, 0.3) is 0 Å². The molecular weight excluding hydrogens is 266 g/mol. The van der Waals surface area contributed by atoms with Gasteiger partial charge in [0.05, 0.1) is 0 Å². The van der Waals surface area contributed by atoms with Gasteiger partial charge in [0.15, 0.2) is 11.5 Å². The second-order valence-corrected chi connectivity index (χ2v) is 4.81. The Balaban J connectivity index is 1.56. The molecule has 0 fully saturated rings. The lowest BCUT2D eigenvalue weighted by Crippen LogP contribution is -2.12. The van der Waals surface area contributed by atoms with Crippen LogP contribution >= 0.6 is 11.3 Å². The smallest absolute Gasteiger partial charge is 0.231 e. The minimum absolute atomic E-state index is 0.0746. The van der Waals surface area contributed by atoms with E-state index in [9.17, 15) is 4.79 Å². The largest absolute Gasteiger partial charge is 0.454 e. The number of aromatic nitrogens is 2. The van der Waals surface area contributed by atoms with Gasteiger partial charge >= 0.3 is 0 Å². The molecule has 1 aromatic carbocycles. The molecule has 0 bridgehead atoms. The summed E-state index contributed by atoms with van der Waals surface area (Å²) in [5.74, 6) is 1.42. The lowest BCUT2D eigenvalue weighted by atomic mass is 10.1. The van der Waals surface area contributed by atoms with E-state index in [1.54, 1.807) is 5.51 Å². The van der Waals surface area contributed by atoms with Crippen molar-refractivity contribution in [3.63, 3.8) is 0 Å². The summed E-state index contributed by atoms with van der Waals surface area (Å²) in [5.41, 5.74) is 2.62. The van der Waals surface area contributed by atoms with E-state index < -0.39 is 0 Å². The molecule has 0 saturated heterocycles. The lowest BCUT2D eigenvalue weighted by molar-refractivity contribution is -0.116. The number of carbonyl (C=O) groups is 1. The molecule has 98 valence electrons. The highest BCUT2D eigenvalue weighted by molar-refractivity contribution is 7.13. The molecule has 0 unspecified atom stereocenters. The van der Waals surface area contributed by atoms with E-state index in [4.69, 9.17) is 9.47 Å². The zero-order valence-electron chi connectivity index (χ0n) is 9.96. The summed E-state index contributed by atoms with van der Waals surface area (Å²) in [6.45, 7) is 0.260. The number of hydrogen-bond acceptors (Lipinski definition) is 6. The molecule has 1 aliphatic rings. The predicted molar refractivity (Wildman–Crippen MR) is 69.4 cm³/mol. The van der Waals surface area contributed by atoms with Crippen molar-refractivity contribution in [2.24, 2.45) is 0 Å². The van der Waals surface area contributed by atoms with Crippen molar-refractivity contribution in [3.8, 4) is 11.5 Å². The zero-order chi connectivity index (χ0) is 13.1. The number of rotatable bonds is 4. The minimum Gasteiger partial charge on any atom is -0.454 e. The van der Waals surface area contributed by atoms with E-state index >= 15 is 0 Å². The van der Waals surface area contributed by atoms with Crippen LogP contribution in [0.2, 0.25) is 0 Å². The Morgan fingerprint density at radius 3 is 3.11 bits per heavy atom. The molecule has 6 nitrogen and oxygen atoms in total. The third kappa shape index (κ3) is 2.82. The average Bonchev–Trinajstić information content (AvgIpc) is 3.06. The van der Waals surface area contributed by atoms with E-state index in [0.29, 0.717) is 18.0 Å². The number of benzene rings is 1. The SMILES string of the molecule is O=C(CCc1ccc2c(c1)OCO2)Nc1nncs1. The maximum absolute atomic E-state index is 11.7. The van der Waals surface area contributed by atoms with Gasteiger partial charge in [-0.2, -0.15) is 0 Å². The molecule has 0 saturated carbocycles. The Morgan fingerprint density at radius 2 is 2.26 bits per heavy atom. The van der Waals surface area contributed by atoms with Crippen LogP contribution in [0, 0.1) is 0 Å². The fourth-order valence-corrected chi connectivity index (χ4v) is 2.22. The predicted octanol–water partition coefficient (Wildman–Crippen LogP) is 1.84. The monoisotopic (exact) mass is 277 g/mol. The normalized spacial score (nSPS) is 12.4. The van der Waals surface area contributed by atoms with Gasteiger partial charge in [-0.1, -0.05) is 17.4 Å². The van der Waals surface area contributed by atoms with Crippen LogP contribution in [0.1, 0.15) is 12.0 Å². The van der Waals surface area contributed by atoms with Crippen LogP contribution in [0.3, 0.4) is 0 Å². The third-order valence-corrected chi connectivity index (χ3v) is 3.29. The van der Waals surface area contributed by atoms with Gasteiger partial charge in [-0.05, 0) is 24.1 Å². The number of carbonyl (C=O) groups excluding carboxylic acids is 1. The number of nitrogens with one attached hydrogen (secondary N) is 1. The quantitative estimate of drug-likeness (QED) is 0.923. The molecule has 0 radical (unpaired) electrons. The van der Waals surface area contributed by atoms with Gasteiger partial charge < -0.3 is 14.8 Å². The first kappa shape index (κ1) is 11.9. The highest BCUT2D eigenvalue weighted by atomic mass is 32.1. The van der Waals surface area contributed by atoms with Crippen molar-refractivity contribution in [2.45, 2.75) is 12.8 Å². The second-order valence-electron chi connectivity index (χ2n) is 3.98. The number of nitrogens with zero attached hydrogens (tertiary/aromatic N) is 2. The molecular formula is C12H11N3O3S. The number of ether oxygens (including phenoxy) is 2. The Labute approximate surface area is 113 Å². The summed E-state index contributed by atoms with van der Waals surface area (Å²) < 4.78 is 10.5. The summed E-state index contributed by atoms with van der Waals surface area (Å²) in [6, 6.07) is 5.70. The van der Waals surface area contributed by atoms with Gasteiger partial charge in [0, 0.05) is 6.42 Å². The molecule has 0 spiro atoms. The average molecular weight is 277 g/mol. The van der Waals surface area contributed by atoms with Gasteiger partial charge in [0.2, 0.25) is 17.8 Å². The lowest BCUT2D eigenvalue weighted by Gasteiger charge is -2.03. The number of anilines is 1. The van der Waals surface area contributed by atoms with Gasteiger partial charge in [-0.3, -0.25) is 4.79 Å². The fraction of sp³-hybridized carbons (Fsp3) is 0.250. The first-order valence-electron chi connectivity index (χ1n) is 5.76. The van der Waals surface area contributed by atoms with Crippen molar-refractivity contribution < 1.29 is 14.3 Å². The summed E-state index contributed by atoms with van der Waals surface area (Å²) in [7, 11) is 0. The van der Waals surface area contributed by atoms with Crippen LogP contribution in [0.4, 0.5) is 5.13 Å². The van der Waals surface area contributed by atoms with Crippen molar-refractivity contribution in [1.82, 2.24) is 10.2 Å². The molecule has 1 amide bonds. The number of fused-ring (bicyclic) bond motifs is 1. The van der Waals surface area contributed by atoms with Crippen molar-refractivity contribution >= 4 is 22.4 Å². The van der Waals surface area contributed by atoms with E-state index in [-0.39, 0.29) is 12.7 Å².